The summed E-state index contributed by atoms with van der Waals surface area (Å²) in [7, 11) is 0. The third kappa shape index (κ3) is 7.36. The first kappa shape index (κ1) is 32.9. The van der Waals surface area contributed by atoms with Crippen LogP contribution in [-0.2, 0) is 4.79 Å². The average Bonchev–Trinajstić information content (AvgIpc) is 3.22. The summed E-state index contributed by atoms with van der Waals surface area (Å²) < 4.78 is 28.6. The smallest absolute Gasteiger partial charge is 0.275 e. The van der Waals surface area contributed by atoms with Crippen LogP contribution < -0.4 is 11.2 Å². The van der Waals surface area contributed by atoms with E-state index in [1.165, 1.54) is 12.1 Å². The molecule has 9 nitrogen and oxygen atoms in total. The van der Waals surface area contributed by atoms with Gasteiger partial charge in [0.05, 0.1) is 12.6 Å². The molecule has 1 aliphatic carbocycles. The molecule has 2 aliphatic rings. The van der Waals surface area contributed by atoms with Crippen LogP contribution in [-0.4, -0.2) is 40.5 Å². The molecule has 44 heavy (non-hydrogen) atoms. The lowest BCUT2D eigenvalue weighted by molar-refractivity contribution is -0.133. The summed E-state index contributed by atoms with van der Waals surface area (Å²) in [6, 6.07) is 9.82. The molecule has 1 fully saturated rings. The van der Waals surface area contributed by atoms with Crippen molar-refractivity contribution in [2.24, 2.45) is 38.4 Å². The lowest BCUT2D eigenvalue weighted by Crippen LogP contribution is -2.51. The molecule has 1 unspecified atom stereocenters. The third-order valence-electron chi connectivity index (χ3n) is 8.82. The van der Waals surface area contributed by atoms with Crippen molar-refractivity contribution in [3.8, 4) is 0 Å². The van der Waals surface area contributed by atoms with Crippen LogP contribution in [0.4, 0.5) is 8.78 Å². The topological polar surface area (TPSA) is 136 Å². The number of nitrogens with zero attached hydrogens (tertiary/aromatic N) is 4. The van der Waals surface area contributed by atoms with Gasteiger partial charge in [-0.05, 0) is 85.6 Å². The van der Waals surface area contributed by atoms with Crippen LogP contribution in [0.25, 0.3) is 0 Å². The molecule has 2 aromatic rings. The monoisotopic (exact) mass is 607 g/mol. The van der Waals surface area contributed by atoms with Gasteiger partial charge in [0, 0.05) is 17.2 Å². The van der Waals surface area contributed by atoms with Crippen LogP contribution in [0.1, 0.15) is 101 Å². The zero-order chi connectivity index (χ0) is 32.2. The molecular formula is C33H43F2N7O2. The zero-order valence-electron chi connectivity index (χ0n) is 26.2. The van der Waals surface area contributed by atoms with Crippen molar-refractivity contribution in [2.45, 2.75) is 84.8 Å². The standard InChI is InChI=1S/C33H43F2N7O2/c1-20(2)6-11-27(21-7-9-22(10-8-21)30(43)38-19-28(36)40-41-37)42-31(44)29(23-16-25(34)18-26(35)17-23)39-33(42)14-12-24(13-15-33)32(3,4)5/h7-10,16-18,20,24,27H,6,11-15,19H2,1-5H3,(H,38,43)(H3,36,37,40). The number of rotatable bonds is 9. The number of amidine groups is 1. The number of hydrogen-bond acceptors (Lipinski definition) is 5. The maximum atomic E-state index is 14.4. The molecule has 1 spiro atoms. The van der Waals surface area contributed by atoms with Gasteiger partial charge in [0.2, 0.25) is 0 Å². The molecule has 1 heterocycles. The fourth-order valence-electron chi connectivity index (χ4n) is 6.39. The number of hydrogen-bond donors (Lipinski definition) is 3. The normalized spacial score (nSPS) is 21.3. The summed E-state index contributed by atoms with van der Waals surface area (Å²) >= 11 is 0. The minimum Gasteiger partial charge on any atom is -0.345 e. The fraction of sp³-hybridized carbons (Fsp3) is 0.515. The maximum absolute atomic E-state index is 14.4. The Hall–Kier alpha value is -4.02. The molecule has 4 rings (SSSR count). The van der Waals surface area contributed by atoms with E-state index in [-0.39, 0.29) is 46.9 Å². The largest absolute Gasteiger partial charge is 0.345 e. The van der Waals surface area contributed by atoms with Gasteiger partial charge in [-0.15, -0.1) is 5.11 Å². The van der Waals surface area contributed by atoms with E-state index in [1.807, 2.05) is 17.0 Å². The Morgan fingerprint density at radius 1 is 1.11 bits per heavy atom. The van der Waals surface area contributed by atoms with Gasteiger partial charge in [0.25, 0.3) is 11.8 Å². The van der Waals surface area contributed by atoms with Gasteiger partial charge >= 0.3 is 0 Å². The second kappa shape index (κ2) is 13.3. The summed E-state index contributed by atoms with van der Waals surface area (Å²) in [4.78, 5) is 34.0. The number of carbonyl (C=O) groups is 2. The summed E-state index contributed by atoms with van der Waals surface area (Å²) in [6.07, 6.45) is 4.52. The van der Waals surface area contributed by atoms with Gasteiger partial charge in [0.15, 0.2) is 5.84 Å². The van der Waals surface area contributed by atoms with E-state index in [2.05, 4.69) is 50.3 Å². The van der Waals surface area contributed by atoms with Crippen molar-refractivity contribution in [3.05, 3.63) is 70.8 Å². The van der Waals surface area contributed by atoms with Gasteiger partial charge in [-0.25, -0.2) is 8.78 Å². The highest BCUT2D eigenvalue weighted by molar-refractivity contribution is 6.46. The first-order valence-electron chi connectivity index (χ1n) is 15.2. The molecule has 11 heteroatoms. The third-order valence-corrected chi connectivity index (χ3v) is 8.82. The molecule has 0 saturated heterocycles. The van der Waals surface area contributed by atoms with E-state index in [1.54, 1.807) is 12.1 Å². The molecule has 1 aliphatic heterocycles. The predicted octanol–water partition coefficient (Wildman–Crippen LogP) is 6.74. The van der Waals surface area contributed by atoms with Gasteiger partial charge in [0.1, 0.15) is 23.0 Å². The number of benzene rings is 2. The van der Waals surface area contributed by atoms with Crippen LogP contribution in [0, 0.1) is 34.3 Å². The van der Waals surface area contributed by atoms with Gasteiger partial charge in [-0.1, -0.05) is 52.0 Å². The Bertz CT molecular complexity index is 1420. The Morgan fingerprint density at radius 2 is 1.73 bits per heavy atom. The van der Waals surface area contributed by atoms with Crippen LogP contribution >= 0.6 is 0 Å². The lowest BCUT2D eigenvalue weighted by Gasteiger charge is -2.47. The van der Waals surface area contributed by atoms with E-state index in [4.69, 9.17) is 16.2 Å². The Kier molecular flexibility index (Phi) is 9.95. The Balaban J connectivity index is 1.72. The summed E-state index contributed by atoms with van der Waals surface area (Å²) in [5.74, 6) is 3.36. The number of aliphatic imine (C=N–C) groups is 1. The second-order valence-electron chi connectivity index (χ2n) is 13.4. The number of amides is 2. The van der Waals surface area contributed by atoms with Crippen LogP contribution in [0.3, 0.4) is 0 Å². The number of carbonyl (C=O) groups excluding carboxylic acids is 2. The molecule has 0 aromatic heterocycles. The molecular weight excluding hydrogens is 564 g/mol. The molecule has 236 valence electrons. The minimum absolute atomic E-state index is 0.0835. The summed E-state index contributed by atoms with van der Waals surface area (Å²) in [6.45, 7) is 10.8. The molecule has 1 atom stereocenters. The predicted molar refractivity (Wildman–Crippen MR) is 166 cm³/mol. The van der Waals surface area contributed by atoms with E-state index < -0.39 is 17.3 Å². The quantitative estimate of drug-likeness (QED) is 0.0957. The molecule has 2 aromatic carbocycles. The average molecular weight is 608 g/mol. The zero-order valence-corrected chi connectivity index (χ0v) is 26.2. The van der Waals surface area contributed by atoms with E-state index in [9.17, 15) is 18.4 Å². The van der Waals surface area contributed by atoms with Crippen LogP contribution in [0.15, 0.2) is 57.8 Å². The van der Waals surface area contributed by atoms with Crippen molar-refractivity contribution >= 4 is 23.4 Å². The number of halogens is 2. The summed E-state index contributed by atoms with van der Waals surface area (Å²) in [5, 5.41) is 16.7. The number of nitrogens with one attached hydrogen (secondary N) is 2. The minimum atomic E-state index is -0.841. The Morgan fingerprint density at radius 3 is 2.27 bits per heavy atom. The molecule has 1 saturated carbocycles. The highest BCUT2D eigenvalue weighted by Crippen LogP contribution is 2.50. The number of nitrogens with two attached hydrogens (primary N) is 1. The SMILES string of the molecule is CC(C)CCC(c1ccc(C(=O)NCC(=N)/N=N\N)cc1)N1C(=O)C(c2cc(F)cc(F)c2)=NC12CCC(C(C)(C)C)CC2. The van der Waals surface area contributed by atoms with E-state index in [0.717, 1.165) is 30.9 Å². The van der Waals surface area contributed by atoms with Gasteiger partial charge < -0.3 is 16.1 Å². The van der Waals surface area contributed by atoms with Gasteiger partial charge in [-0.2, -0.15) is 0 Å². The van der Waals surface area contributed by atoms with Crippen LogP contribution in [0.2, 0.25) is 0 Å². The molecule has 0 bridgehead atoms. The lowest BCUT2D eigenvalue weighted by atomic mass is 9.69. The van der Waals surface area contributed by atoms with Crippen molar-refractivity contribution in [1.82, 2.24) is 10.2 Å². The van der Waals surface area contributed by atoms with Crippen molar-refractivity contribution in [1.29, 1.82) is 5.41 Å². The fourth-order valence-corrected chi connectivity index (χ4v) is 6.39. The molecule has 2 amide bonds. The summed E-state index contributed by atoms with van der Waals surface area (Å²) in [5.41, 5.74) is 0.717. The second-order valence-corrected chi connectivity index (χ2v) is 13.4. The van der Waals surface area contributed by atoms with Crippen LogP contribution in [0.5, 0.6) is 0 Å². The highest BCUT2D eigenvalue weighted by atomic mass is 19.1. The van der Waals surface area contributed by atoms with Crippen molar-refractivity contribution in [3.63, 3.8) is 0 Å². The maximum Gasteiger partial charge on any atom is 0.275 e. The highest BCUT2D eigenvalue weighted by Gasteiger charge is 2.52. The molecule has 4 N–H and O–H groups in total. The Labute approximate surface area is 257 Å². The van der Waals surface area contributed by atoms with Crippen molar-refractivity contribution < 1.29 is 18.4 Å². The van der Waals surface area contributed by atoms with E-state index >= 15 is 0 Å². The van der Waals surface area contributed by atoms with Crippen molar-refractivity contribution in [2.75, 3.05) is 6.54 Å². The van der Waals surface area contributed by atoms with Gasteiger partial charge in [-0.3, -0.25) is 20.0 Å². The first-order chi connectivity index (χ1) is 20.7. The first-order valence-corrected chi connectivity index (χ1v) is 15.2. The van der Waals surface area contributed by atoms with E-state index in [0.29, 0.717) is 36.7 Å². The molecule has 0 radical (unpaired) electrons.